The Kier molecular flexibility index (Phi) is 6.42. The third kappa shape index (κ3) is 5.04. The predicted molar refractivity (Wildman–Crippen MR) is 117 cm³/mol. The zero-order chi connectivity index (χ0) is 21.0. The Balaban J connectivity index is 1.46. The Labute approximate surface area is 179 Å². The first-order chi connectivity index (χ1) is 14.5. The summed E-state index contributed by atoms with van der Waals surface area (Å²) in [7, 11) is -3.05. The molecular formula is C24H29NO4S. The van der Waals surface area contributed by atoms with Gasteiger partial charge in [0, 0.05) is 18.5 Å². The van der Waals surface area contributed by atoms with Crippen LogP contribution in [0, 0.1) is 0 Å². The summed E-state index contributed by atoms with van der Waals surface area (Å²) in [6, 6.07) is 17.9. The summed E-state index contributed by atoms with van der Waals surface area (Å²) >= 11 is 0. The minimum atomic E-state index is -3.05. The third-order valence-corrected chi connectivity index (χ3v) is 7.92. The minimum Gasteiger partial charge on any atom is -0.483 e. The average molecular weight is 428 g/mol. The van der Waals surface area contributed by atoms with Crippen LogP contribution in [0.3, 0.4) is 0 Å². The zero-order valence-electron chi connectivity index (χ0n) is 17.2. The van der Waals surface area contributed by atoms with Crippen LogP contribution in [-0.4, -0.2) is 49.4 Å². The highest BCUT2D eigenvalue weighted by Gasteiger charge is 2.39. The summed E-state index contributed by atoms with van der Waals surface area (Å²) in [6.07, 6.45) is 5.36. The molecule has 1 amide bonds. The minimum absolute atomic E-state index is 0.0567. The highest BCUT2D eigenvalue weighted by molar-refractivity contribution is 7.91. The lowest BCUT2D eigenvalue weighted by atomic mass is 10.0. The number of sulfone groups is 1. The fourth-order valence-electron chi connectivity index (χ4n) is 4.70. The van der Waals surface area contributed by atoms with Crippen molar-refractivity contribution in [2.45, 2.75) is 50.6 Å². The molecule has 2 fully saturated rings. The first kappa shape index (κ1) is 20.9. The molecule has 1 atom stereocenters. The van der Waals surface area contributed by atoms with Gasteiger partial charge in [-0.05, 0) is 36.5 Å². The van der Waals surface area contributed by atoms with E-state index in [9.17, 15) is 13.2 Å². The van der Waals surface area contributed by atoms with Crippen LogP contribution in [0.4, 0.5) is 0 Å². The zero-order valence-corrected chi connectivity index (χ0v) is 18.0. The van der Waals surface area contributed by atoms with Gasteiger partial charge in [-0.3, -0.25) is 4.79 Å². The molecular weight excluding hydrogens is 398 g/mol. The number of benzene rings is 2. The molecule has 1 aliphatic carbocycles. The summed E-state index contributed by atoms with van der Waals surface area (Å²) in [5.41, 5.74) is 2.22. The summed E-state index contributed by atoms with van der Waals surface area (Å²) < 4.78 is 30.0. The number of rotatable bonds is 7. The van der Waals surface area contributed by atoms with E-state index in [0.29, 0.717) is 12.2 Å². The van der Waals surface area contributed by atoms with Gasteiger partial charge in [-0.2, -0.15) is 0 Å². The second-order valence-corrected chi connectivity index (χ2v) is 10.6. The standard InChI is InChI=1S/C24H29NO4S/c26-24(25(21-11-5-6-12-21)22-14-15-30(27,28)18-22)17-29-23-13-7-4-10-20(23)16-19-8-2-1-3-9-19/h1-4,7-10,13,21-22H,5-6,11-12,14-18H2/t22-/m0/s1. The van der Waals surface area contributed by atoms with Gasteiger partial charge in [0.15, 0.2) is 16.4 Å². The van der Waals surface area contributed by atoms with E-state index in [1.54, 1.807) is 0 Å². The molecule has 0 radical (unpaired) electrons. The summed E-state index contributed by atoms with van der Waals surface area (Å²) in [6.45, 7) is -0.0567. The fourth-order valence-corrected chi connectivity index (χ4v) is 6.41. The molecule has 1 saturated heterocycles. The van der Waals surface area contributed by atoms with Crippen LogP contribution in [-0.2, 0) is 21.1 Å². The van der Waals surface area contributed by atoms with Gasteiger partial charge >= 0.3 is 0 Å². The highest BCUT2D eigenvalue weighted by Crippen LogP contribution is 2.29. The molecule has 1 aliphatic heterocycles. The maximum atomic E-state index is 13.2. The molecule has 0 aromatic heterocycles. The molecule has 30 heavy (non-hydrogen) atoms. The van der Waals surface area contributed by atoms with Crippen LogP contribution in [0.5, 0.6) is 5.75 Å². The Bertz CT molecular complexity index is 968. The molecule has 1 heterocycles. The normalized spacial score (nSPS) is 20.9. The van der Waals surface area contributed by atoms with Crippen molar-refractivity contribution >= 4 is 15.7 Å². The monoisotopic (exact) mass is 427 g/mol. The van der Waals surface area contributed by atoms with Crippen molar-refractivity contribution in [1.29, 1.82) is 0 Å². The number of hydrogen-bond donors (Lipinski definition) is 0. The van der Waals surface area contributed by atoms with Crippen LogP contribution in [0.1, 0.15) is 43.2 Å². The molecule has 2 aromatic rings. The lowest BCUT2D eigenvalue weighted by Gasteiger charge is -2.34. The first-order valence-corrected chi connectivity index (χ1v) is 12.6. The molecule has 2 aromatic carbocycles. The number of nitrogens with zero attached hydrogens (tertiary/aromatic N) is 1. The van der Waals surface area contributed by atoms with Gasteiger partial charge in [-0.1, -0.05) is 61.4 Å². The largest absolute Gasteiger partial charge is 0.483 e. The van der Waals surface area contributed by atoms with Gasteiger partial charge in [0.1, 0.15) is 5.75 Å². The molecule has 0 spiro atoms. The van der Waals surface area contributed by atoms with E-state index in [0.717, 1.165) is 37.7 Å². The van der Waals surface area contributed by atoms with E-state index >= 15 is 0 Å². The van der Waals surface area contributed by atoms with Crippen LogP contribution < -0.4 is 4.74 Å². The van der Waals surface area contributed by atoms with Gasteiger partial charge in [-0.25, -0.2) is 8.42 Å². The van der Waals surface area contributed by atoms with Crippen LogP contribution in [0.15, 0.2) is 54.6 Å². The lowest BCUT2D eigenvalue weighted by molar-refractivity contribution is -0.137. The Morgan fingerprint density at radius 1 is 0.933 bits per heavy atom. The predicted octanol–water partition coefficient (Wildman–Crippen LogP) is 3.61. The number of ether oxygens (including phenoxy) is 1. The van der Waals surface area contributed by atoms with Crippen molar-refractivity contribution in [2.75, 3.05) is 18.1 Å². The number of amides is 1. The fraction of sp³-hybridized carbons (Fsp3) is 0.458. The van der Waals surface area contributed by atoms with Crippen molar-refractivity contribution in [1.82, 2.24) is 4.90 Å². The first-order valence-electron chi connectivity index (χ1n) is 10.8. The van der Waals surface area contributed by atoms with Crippen LogP contribution >= 0.6 is 0 Å². The van der Waals surface area contributed by atoms with Crippen molar-refractivity contribution in [3.05, 3.63) is 65.7 Å². The Hall–Kier alpha value is -2.34. The molecule has 0 N–H and O–H groups in total. The van der Waals surface area contributed by atoms with Crippen molar-refractivity contribution in [2.24, 2.45) is 0 Å². The van der Waals surface area contributed by atoms with Crippen molar-refractivity contribution in [3.8, 4) is 5.75 Å². The number of hydrogen-bond acceptors (Lipinski definition) is 4. The molecule has 4 rings (SSSR count). The van der Waals surface area contributed by atoms with Gasteiger partial charge in [0.05, 0.1) is 11.5 Å². The maximum absolute atomic E-state index is 13.2. The molecule has 6 heteroatoms. The van der Waals surface area contributed by atoms with Crippen molar-refractivity contribution < 1.29 is 17.9 Å². The third-order valence-electron chi connectivity index (χ3n) is 6.17. The second kappa shape index (κ2) is 9.21. The number of carbonyl (C=O) groups is 1. The summed E-state index contributed by atoms with van der Waals surface area (Å²) in [5.74, 6) is 0.869. The quantitative estimate of drug-likeness (QED) is 0.677. The molecule has 2 aliphatic rings. The van der Waals surface area contributed by atoms with E-state index in [1.165, 1.54) is 5.56 Å². The average Bonchev–Trinajstić information content (AvgIpc) is 3.38. The second-order valence-electron chi connectivity index (χ2n) is 8.35. The maximum Gasteiger partial charge on any atom is 0.261 e. The number of para-hydroxylation sites is 1. The van der Waals surface area contributed by atoms with E-state index < -0.39 is 9.84 Å². The van der Waals surface area contributed by atoms with Gasteiger partial charge < -0.3 is 9.64 Å². The van der Waals surface area contributed by atoms with E-state index in [4.69, 9.17) is 4.74 Å². The molecule has 5 nitrogen and oxygen atoms in total. The SMILES string of the molecule is O=C(COc1ccccc1Cc1ccccc1)N(C1CCCC1)[C@H]1CCS(=O)(=O)C1. The Morgan fingerprint density at radius 3 is 2.33 bits per heavy atom. The summed E-state index contributed by atoms with van der Waals surface area (Å²) in [4.78, 5) is 15.0. The molecule has 160 valence electrons. The van der Waals surface area contributed by atoms with E-state index in [1.807, 2.05) is 47.4 Å². The lowest BCUT2D eigenvalue weighted by Crippen LogP contribution is -2.48. The molecule has 1 saturated carbocycles. The van der Waals surface area contributed by atoms with Gasteiger partial charge in [-0.15, -0.1) is 0 Å². The molecule has 0 unspecified atom stereocenters. The van der Waals surface area contributed by atoms with E-state index in [2.05, 4.69) is 12.1 Å². The van der Waals surface area contributed by atoms with Crippen molar-refractivity contribution in [3.63, 3.8) is 0 Å². The van der Waals surface area contributed by atoms with Crippen LogP contribution in [0.25, 0.3) is 0 Å². The topological polar surface area (TPSA) is 63.7 Å². The summed E-state index contributed by atoms with van der Waals surface area (Å²) in [5, 5.41) is 0. The van der Waals surface area contributed by atoms with Crippen LogP contribution in [0.2, 0.25) is 0 Å². The Morgan fingerprint density at radius 2 is 1.63 bits per heavy atom. The number of carbonyl (C=O) groups excluding carboxylic acids is 1. The van der Waals surface area contributed by atoms with E-state index in [-0.39, 0.29) is 36.1 Å². The van der Waals surface area contributed by atoms with Gasteiger partial charge in [0.25, 0.3) is 5.91 Å². The molecule has 0 bridgehead atoms. The highest BCUT2D eigenvalue weighted by atomic mass is 32.2. The van der Waals surface area contributed by atoms with Gasteiger partial charge in [0.2, 0.25) is 0 Å². The smallest absolute Gasteiger partial charge is 0.261 e.